The monoisotopic (exact) mass is 473 g/mol. The van der Waals surface area contributed by atoms with E-state index in [0.29, 0.717) is 30.8 Å². The predicted octanol–water partition coefficient (Wildman–Crippen LogP) is 4.41. The van der Waals surface area contributed by atoms with E-state index in [1.54, 1.807) is 24.3 Å². The molecule has 2 aromatic carbocycles. The van der Waals surface area contributed by atoms with Gasteiger partial charge in [0.1, 0.15) is 11.6 Å². The van der Waals surface area contributed by atoms with Crippen LogP contribution >= 0.6 is 0 Å². The van der Waals surface area contributed by atoms with Crippen molar-refractivity contribution in [3.63, 3.8) is 0 Å². The third kappa shape index (κ3) is 6.55. The van der Waals surface area contributed by atoms with E-state index in [2.05, 4.69) is 5.32 Å². The summed E-state index contributed by atoms with van der Waals surface area (Å²) in [7, 11) is 0. The topological polar surface area (TPSA) is 105 Å². The number of ether oxygens (including phenoxy) is 2. The molecule has 7 nitrogen and oxygen atoms in total. The minimum Gasteiger partial charge on any atom is -0.493 e. The lowest BCUT2D eigenvalue weighted by Gasteiger charge is -2.43. The number of amides is 1. The number of nitrogens with one attached hydrogen (secondary N) is 1. The molecule has 184 valence electrons. The normalized spacial score (nSPS) is 22.4. The summed E-state index contributed by atoms with van der Waals surface area (Å²) in [6, 6.07) is 10.7. The van der Waals surface area contributed by atoms with Crippen LogP contribution in [0.4, 0.5) is 4.39 Å². The second-order valence-corrected chi connectivity index (χ2v) is 9.42. The smallest absolute Gasteiger partial charge is 0.335 e. The van der Waals surface area contributed by atoms with Gasteiger partial charge in [-0.25, -0.2) is 9.18 Å². The SMILES string of the molecule is CC(C)COc1ccc(C(=O)O)cc1[C@H]1C[C@@](C)(NC(=O)CCO)C[C@@H](c2ccc(F)cc2)O1. The minimum atomic E-state index is -1.07. The van der Waals surface area contributed by atoms with Gasteiger partial charge in [0.15, 0.2) is 0 Å². The molecule has 1 amide bonds. The summed E-state index contributed by atoms with van der Waals surface area (Å²) in [5, 5.41) is 21.7. The molecule has 1 aliphatic heterocycles. The van der Waals surface area contributed by atoms with Crippen LogP contribution in [-0.4, -0.2) is 40.8 Å². The molecule has 1 heterocycles. The van der Waals surface area contributed by atoms with Crippen LogP contribution in [0, 0.1) is 11.7 Å². The van der Waals surface area contributed by atoms with Crippen LogP contribution in [0.1, 0.15) is 73.7 Å². The largest absolute Gasteiger partial charge is 0.493 e. The molecule has 0 aliphatic carbocycles. The Bertz CT molecular complexity index is 1010. The highest BCUT2D eigenvalue weighted by Gasteiger charge is 2.41. The van der Waals surface area contributed by atoms with Crippen molar-refractivity contribution in [1.82, 2.24) is 5.32 Å². The number of carbonyl (C=O) groups is 2. The van der Waals surface area contributed by atoms with Gasteiger partial charge in [-0.05, 0) is 48.7 Å². The van der Waals surface area contributed by atoms with E-state index in [0.717, 1.165) is 5.56 Å². The predicted molar refractivity (Wildman–Crippen MR) is 124 cm³/mol. The average molecular weight is 474 g/mol. The van der Waals surface area contributed by atoms with Crippen LogP contribution < -0.4 is 10.1 Å². The van der Waals surface area contributed by atoms with Gasteiger partial charge in [0, 0.05) is 30.4 Å². The van der Waals surface area contributed by atoms with E-state index >= 15 is 0 Å². The number of rotatable bonds is 9. The van der Waals surface area contributed by atoms with Gasteiger partial charge < -0.3 is 25.0 Å². The summed E-state index contributed by atoms with van der Waals surface area (Å²) in [5.74, 6) is -0.948. The fraction of sp³-hybridized carbons (Fsp3) is 0.462. The Morgan fingerprint density at radius 1 is 1.18 bits per heavy atom. The van der Waals surface area contributed by atoms with E-state index in [-0.39, 0.29) is 36.2 Å². The first-order valence-electron chi connectivity index (χ1n) is 11.4. The lowest BCUT2D eigenvalue weighted by molar-refractivity contribution is -0.129. The number of aromatic carboxylic acids is 1. The number of carbonyl (C=O) groups excluding carboxylic acids is 1. The highest BCUT2D eigenvalue weighted by atomic mass is 19.1. The summed E-state index contributed by atoms with van der Waals surface area (Å²) in [6.07, 6.45) is -0.315. The second-order valence-electron chi connectivity index (χ2n) is 9.42. The van der Waals surface area contributed by atoms with E-state index in [9.17, 15) is 19.1 Å². The fourth-order valence-electron chi connectivity index (χ4n) is 4.18. The van der Waals surface area contributed by atoms with Crippen molar-refractivity contribution in [2.75, 3.05) is 13.2 Å². The van der Waals surface area contributed by atoms with Crippen molar-refractivity contribution >= 4 is 11.9 Å². The summed E-state index contributed by atoms with van der Waals surface area (Å²) < 4.78 is 25.9. The zero-order chi connectivity index (χ0) is 24.9. The van der Waals surface area contributed by atoms with E-state index in [1.165, 1.54) is 18.2 Å². The molecule has 8 heteroatoms. The van der Waals surface area contributed by atoms with Gasteiger partial charge in [-0.3, -0.25) is 4.79 Å². The number of carboxylic acid groups (broad SMARTS) is 1. The molecule has 3 rings (SSSR count). The van der Waals surface area contributed by atoms with Gasteiger partial charge in [-0.2, -0.15) is 0 Å². The number of carboxylic acids is 1. The molecule has 3 atom stereocenters. The Morgan fingerprint density at radius 2 is 1.85 bits per heavy atom. The average Bonchev–Trinajstić information content (AvgIpc) is 2.77. The van der Waals surface area contributed by atoms with E-state index in [4.69, 9.17) is 14.6 Å². The summed E-state index contributed by atoms with van der Waals surface area (Å²) in [5.41, 5.74) is 0.705. The molecule has 0 aromatic heterocycles. The van der Waals surface area contributed by atoms with Crippen molar-refractivity contribution in [1.29, 1.82) is 0 Å². The second kappa shape index (κ2) is 11.0. The van der Waals surface area contributed by atoms with Gasteiger partial charge >= 0.3 is 5.97 Å². The minimum absolute atomic E-state index is 0.0282. The molecule has 0 radical (unpaired) electrons. The molecule has 0 unspecified atom stereocenters. The number of aliphatic hydroxyl groups excluding tert-OH is 1. The Balaban J connectivity index is 2.01. The van der Waals surface area contributed by atoms with Crippen LogP contribution in [0.3, 0.4) is 0 Å². The maximum Gasteiger partial charge on any atom is 0.335 e. The molecule has 3 N–H and O–H groups in total. The molecule has 2 aromatic rings. The van der Waals surface area contributed by atoms with Crippen LogP contribution in [0.5, 0.6) is 5.75 Å². The van der Waals surface area contributed by atoms with Crippen molar-refractivity contribution in [3.05, 3.63) is 65.0 Å². The summed E-state index contributed by atoms with van der Waals surface area (Å²) in [4.78, 5) is 24.0. The maximum absolute atomic E-state index is 13.5. The standard InChI is InChI=1S/C26H32FNO6/c1-16(2)15-33-21-9-6-18(25(31)32)12-20(21)23-14-26(3,28-24(30)10-11-29)13-22(34-23)17-4-7-19(27)8-5-17/h4-9,12,16,22-23,29H,10-11,13-15H2,1-3H3,(H,28,30)(H,31,32)/t22-,23+,26-/m0/s1. The van der Waals surface area contributed by atoms with Crippen molar-refractivity contribution in [3.8, 4) is 5.75 Å². The number of hydrogen-bond donors (Lipinski definition) is 3. The van der Waals surface area contributed by atoms with Crippen LogP contribution in [0.25, 0.3) is 0 Å². The molecular weight excluding hydrogens is 441 g/mol. The quantitative estimate of drug-likeness (QED) is 0.498. The van der Waals surface area contributed by atoms with Gasteiger partial charge in [-0.1, -0.05) is 26.0 Å². The zero-order valence-electron chi connectivity index (χ0n) is 19.7. The van der Waals surface area contributed by atoms with Gasteiger partial charge in [0.05, 0.1) is 31.0 Å². The van der Waals surface area contributed by atoms with Crippen molar-refractivity contribution in [2.24, 2.45) is 5.92 Å². The Hall–Kier alpha value is -2.97. The van der Waals surface area contributed by atoms with Crippen LogP contribution in [0.2, 0.25) is 0 Å². The first-order chi connectivity index (χ1) is 16.1. The van der Waals surface area contributed by atoms with E-state index < -0.39 is 23.7 Å². The lowest BCUT2D eigenvalue weighted by atomic mass is 9.81. The molecule has 0 saturated carbocycles. The Kier molecular flexibility index (Phi) is 8.28. The molecule has 1 fully saturated rings. The van der Waals surface area contributed by atoms with Crippen molar-refractivity contribution in [2.45, 2.75) is 57.8 Å². The van der Waals surface area contributed by atoms with Crippen LogP contribution in [-0.2, 0) is 9.53 Å². The molecule has 1 saturated heterocycles. The number of hydrogen-bond acceptors (Lipinski definition) is 5. The summed E-state index contributed by atoms with van der Waals surface area (Å²) >= 11 is 0. The fourth-order valence-corrected chi connectivity index (χ4v) is 4.18. The summed E-state index contributed by atoms with van der Waals surface area (Å²) in [6.45, 7) is 6.10. The Labute approximate surface area is 198 Å². The molecule has 0 spiro atoms. The maximum atomic E-state index is 13.5. The number of halogens is 1. The molecule has 0 bridgehead atoms. The third-order valence-corrected chi connectivity index (χ3v) is 5.80. The van der Waals surface area contributed by atoms with Gasteiger partial charge in [0.25, 0.3) is 0 Å². The molecule has 34 heavy (non-hydrogen) atoms. The van der Waals surface area contributed by atoms with Crippen molar-refractivity contribution < 1.29 is 33.7 Å². The van der Waals surface area contributed by atoms with Gasteiger partial charge in [-0.15, -0.1) is 0 Å². The van der Waals surface area contributed by atoms with Gasteiger partial charge in [0.2, 0.25) is 5.91 Å². The number of benzene rings is 2. The first-order valence-corrected chi connectivity index (χ1v) is 11.4. The zero-order valence-corrected chi connectivity index (χ0v) is 19.7. The first kappa shape index (κ1) is 25.6. The lowest BCUT2D eigenvalue weighted by Crippen LogP contribution is -2.51. The Morgan fingerprint density at radius 3 is 2.47 bits per heavy atom. The highest BCUT2D eigenvalue weighted by Crippen LogP contribution is 2.46. The number of aliphatic hydroxyl groups is 1. The highest BCUT2D eigenvalue weighted by molar-refractivity contribution is 5.88. The molecular formula is C26H32FNO6. The third-order valence-electron chi connectivity index (χ3n) is 5.80. The molecule has 1 aliphatic rings. The van der Waals surface area contributed by atoms with Crippen LogP contribution in [0.15, 0.2) is 42.5 Å². The van der Waals surface area contributed by atoms with E-state index in [1.807, 2.05) is 20.8 Å².